The number of nitrogens with one attached hydrogen (secondary N) is 1. The lowest BCUT2D eigenvalue weighted by Crippen LogP contribution is -2.45. The molecule has 0 aliphatic carbocycles. The highest BCUT2D eigenvalue weighted by Gasteiger charge is 2.51. The molecule has 1 amide bonds. The van der Waals surface area contributed by atoms with Gasteiger partial charge >= 0.3 is 18.7 Å². The molecular weight excluding hydrogens is 503 g/mol. The number of amides is 1. The Morgan fingerprint density at radius 2 is 1.57 bits per heavy atom. The number of hydrogen-bond acceptors (Lipinski definition) is 5. The molecule has 16 heteroatoms. The number of imidazole rings is 1. The van der Waals surface area contributed by atoms with Crippen molar-refractivity contribution in [1.29, 1.82) is 0 Å². The van der Waals surface area contributed by atoms with Crippen LogP contribution in [0.25, 0.3) is 16.9 Å². The highest BCUT2D eigenvalue weighted by Crippen LogP contribution is 2.34. The van der Waals surface area contributed by atoms with Crippen molar-refractivity contribution in [3.05, 3.63) is 42.1 Å². The van der Waals surface area contributed by atoms with Gasteiger partial charge in [0.05, 0.1) is 12.1 Å². The van der Waals surface area contributed by atoms with Gasteiger partial charge in [0.2, 0.25) is 11.9 Å². The summed E-state index contributed by atoms with van der Waals surface area (Å²) in [5, 5.41) is 11.5. The number of ether oxygens (including phenoxy) is 1. The number of fused-ring (bicyclic) bond motifs is 1. The summed E-state index contributed by atoms with van der Waals surface area (Å²) >= 11 is 0. The lowest BCUT2D eigenvalue weighted by atomic mass is 10.0. The summed E-state index contributed by atoms with van der Waals surface area (Å²) in [5.74, 6) is -2.68. The van der Waals surface area contributed by atoms with E-state index >= 15 is 0 Å². The first-order valence-corrected chi connectivity index (χ1v) is 9.29. The molecular formula is C19H13F9N4O3. The van der Waals surface area contributed by atoms with E-state index in [9.17, 15) is 49.4 Å². The van der Waals surface area contributed by atoms with E-state index in [-0.39, 0.29) is 11.2 Å². The minimum absolute atomic E-state index is 0.160. The van der Waals surface area contributed by atoms with E-state index in [1.807, 2.05) is 5.32 Å². The largest absolute Gasteiger partial charge is 0.573 e. The highest BCUT2D eigenvalue weighted by molar-refractivity contribution is 5.92. The second kappa shape index (κ2) is 8.58. The molecule has 0 aliphatic rings. The van der Waals surface area contributed by atoms with E-state index in [0.717, 1.165) is 34.9 Å². The average molecular weight is 516 g/mol. The number of carbonyl (C=O) groups excluding carboxylic acids is 1. The van der Waals surface area contributed by atoms with Gasteiger partial charge in [-0.15, -0.1) is 13.2 Å². The zero-order chi connectivity index (χ0) is 26.4. The minimum Gasteiger partial charge on any atom is -0.406 e. The molecule has 1 atom stereocenters. The van der Waals surface area contributed by atoms with Gasteiger partial charge in [-0.05, 0) is 43.3 Å². The van der Waals surface area contributed by atoms with E-state index in [1.165, 1.54) is 0 Å². The molecule has 0 bridgehead atoms. The fraction of sp³-hybridized carbons (Fsp3) is 0.316. The number of benzene rings is 1. The van der Waals surface area contributed by atoms with E-state index in [4.69, 9.17) is 0 Å². The van der Waals surface area contributed by atoms with Crippen LogP contribution in [0.1, 0.15) is 19.0 Å². The monoisotopic (exact) mass is 516 g/mol. The summed E-state index contributed by atoms with van der Waals surface area (Å²) in [7, 11) is 0. The lowest BCUT2D eigenvalue weighted by molar-refractivity contribution is -0.274. The van der Waals surface area contributed by atoms with Crippen LogP contribution in [0.15, 0.2) is 36.4 Å². The molecule has 1 aromatic carbocycles. The predicted molar refractivity (Wildman–Crippen MR) is 100 cm³/mol. The van der Waals surface area contributed by atoms with Crippen molar-refractivity contribution in [1.82, 2.24) is 14.5 Å². The Kier molecular flexibility index (Phi) is 6.39. The fourth-order valence-electron chi connectivity index (χ4n) is 2.82. The third-order valence-electron chi connectivity index (χ3n) is 4.49. The molecule has 35 heavy (non-hydrogen) atoms. The van der Waals surface area contributed by atoms with Crippen LogP contribution in [0, 0.1) is 0 Å². The van der Waals surface area contributed by atoms with Crippen LogP contribution in [0.4, 0.5) is 45.5 Å². The number of nitrogens with zero attached hydrogens (tertiary/aromatic N) is 3. The van der Waals surface area contributed by atoms with Crippen LogP contribution in [0.5, 0.6) is 5.75 Å². The standard InChI is InChI=1S/C19H13F9N4O3/c1-16(34,18(23,24)25)8-13(33)31-15-29-11-6-7-12(17(20,21)22)30-14(11)32(15)9-2-4-10(5-3-9)35-19(26,27)28/h2-7,34H,8H2,1H3,(H,29,31,33)/t16-/m1/s1. The molecule has 0 saturated carbocycles. The molecule has 0 spiro atoms. The second-order valence-electron chi connectivity index (χ2n) is 7.35. The second-order valence-corrected chi connectivity index (χ2v) is 7.35. The summed E-state index contributed by atoms with van der Waals surface area (Å²) in [6, 6.07) is 4.99. The number of pyridine rings is 1. The number of rotatable bonds is 5. The first kappa shape index (κ1) is 26.1. The van der Waals surface area contributed by atoms with Crippen LogP contribution in [-0.4, -0.2) is 43.7 Å². The minimum atomic E-state index is -5.18. The maximum Gasteiger partial charge on any atom is 0.573 e. The zero-order valence-corrected chi connectivity index (χ0v) is 17.2. The third kappa shape index (κ3) is 5.93. The normalized spacial score (nSPS) is 14.6. The van der Waals surface area contributed by atoms with Gasteiger partial charge in [-0.3, -0.25) is 14.7 Å². The van der Waals surface area contributed by atoms with Crippen LogP contribution >= 0.6 is 0 Å². The SMILES string of the molecule is C[C@@](O)(CC(=O)Nc1nc2ccc(C(F)(F)F)nc2n1-c1ccc(OC(F)(F)F)cc1)C(F)(F)F. The Morgan fingerprint density at radius 3 is 2.09 bits per heavy atom. The van der Waals surface area contributed by atoms with Gasteiger partial charge < -0.3 is 9.84 Å². The van der Waals surface area contributed by atoms with Crippen LogP contribution < -0.4 is 10.1 Å². The smallest absolute Gasteiger partial charge is 0.406 e. The quantitative estimate of drug-likeness (QED) is 0.467. The van der Waals surface area contributed by atoms with Gasteiger partial charge in [0, 0.05) is 0 Å². The molecule has 2 aromatic heterocycles. The van der Waals surface area contributed by atoms with Crippen LogP contribution in [0.2, 0.25) is 0 Å². The lowest BCUT2D eigenvalue weighted by Gasteiger charge is -2.25. The average Bonchev–Trinajstić information content (AvgIpc) is 3.02. The van der Waals surface area contributed by atoms with Gasteiger partial charge in [-0.2, -0.15) is 26.3 Å². The summed E-state index contributed by atoms with van der Waals surface area (Å²) < 4.78 is 120. The number of aliphatic hydroxyl groups is 1. The third-order valence-corrected chi connectivity index (χ3v) is 4.49. The summed E-state index contributed by atoms with van der Waals surface area (Å²) in [4.78, 5) is 19.5. The highest BCUT2D eigenvalue weighted by atomic mass is 19.4. The number of aromatic nitrogens is 3. The van der Waals surface area contributed by atoms with Crippen molar-refractivity contribution in [2.75, 3.05) is 5.32 Å². The first-order valence-electron chi connectivity index (χ1n) is 9.29. The van der Waals surface area contributed by atoms with E-state index in [1.54, 1.807) is 0 Å². The summed E-state index contributed by atoms with van der Waals surface area (Å²) in [6.07, 6.45) is -16.6. The van der Waals surface area contributed by atoms with Gasteiger partial charge in [-0.25, -0.2) is 9.97 Å². The molecule has 0 saturated heterocycles. The number of halogens is 9. The molecule has 2 heterocycles. The van der Waals surface area contributed by atoms with Crippen LogP contribution in [0.3, 0.4) is 0 Å². The molecule has 0 radical (unpaired) electrons. The van der Waals surface area contributed by atoms with Crippen molar-refractivity contribution in [2.24, 2.45) is 0 Å². The number of anilines is 1. The molecule has 7 nitrogen and oxygen atoms in total. The van der Waals surface area contributed by atoms with Crippen LogP contribution in [-0.2, 0) is 11.0 Å². The zero-order valence-electron chi connectivity index (χ0n) is 17.2. The molecule has 2 N–H and O–H groups in total. The van der Waals surface area contributed by atoms with Gasteiger partial charge in [0.1, 0.15) is 17.0 Å². The molecule has 0 fully saturated rings. The van der Waals surface area contributed by atoms with E-state index in [0.29, 0.717) is 13.0 Å². The molecule has 190 valence electrons. The molecule has 0 aliphatic heterocycles. The molecule has 0 unspecified atom stereocenters. The predicted octanol–water partition coefficient (Wildman–Crippen LogP) is 4.98. The van der Waals surface area contributed by atoms with Gasteiger partial charge in [0.15, 0.2) is 11.2 Å². The fourth-order valence-corrected chi connectivity index (χ4v) is 2.82. The first-order chi connectivity index (χ1) is 15.9. The van der Waals surface area contributed by atoms with Gasteiger partial charge in [-0.1, -0.05) is 0 Å². The van der Waals surface area contributed by atoms with Crippen molar-refractivity contribution in [2.45, 2.75) is 37.7 Å². The van der Waals surface area contributed by atoms with Crippen molar-refractivity contribution >= 4 is 23.0 Å². The maximum atomic E-state index is 13.2. The summed E-state index contributed by atoms with van der Waals surface area (Å²) in [6.45, 7) is 0.339. The Hall–Kier alpha value is -3.56. The van der Waals surface area contributed by atoms with E-state index in [2.05, 4.69) is 14.7 Å². The van der Waals surface area contributed by atoms with Crippen molar-refractivity contribution < 1.29 is 54.2 Å². The maximum absolute atomic E-state index is 13.2. The number of carbonyl (C=O) groups is 1. The number of alkyl halides is 9. The Bertz CT molecular complexity index is 1230. The Balaban J connectivity index is 2.08. The van der Waals surface area contributed by atoms with Gasteiger partial charge in [0.25, 0.3) is 0 Å². The van der Waals surface area contributed by atoms with Crippen molar-refractivity contribution in [3.63, 3.8) is 0 Å². The Labute approximate surface area is 189 Å². The molecule has 3 aromatic rings. The topological polar surface area (TPSA) is 89.3 Å². The van der Waals surface area contributed by atoms with Crippen molar-refractivity contribution in [3.8, 4) is 11.4 Å². The van der Waals surface area contributed by atoms with E-state index < -0.39 is 59.7 Å². The Morgan fingerprint density at radius 1 is 0.971 bits per heavy atom. The summed E-state index contributed by atoms with van der Waals surface area (Å²) in [5.41, 5.74) is -5.71. The molecule has 3 rings (SSSR count). The number of hydrogen-bond donors (Lipinski definition) is 2.